The van der Waals surface area contributed by atoms with E-state index in [0.29, 0.717) is 12.0 Å². The fraction of sp³-hybridized carbons (Fsp3) is 1.00. The van der Waals surface area contributed by atoms with Crippen LogP contribution in [0.1, 0.15) is 6.42 Å². The van der Waals surface area contributed by atoms with Crippen LogP contribution in [-0.2, 0) is 4.74 Å². The summed E-state index contributed by atoms with van der Waals surface area (Å²) in [7, 11) is 1.71. The minimum absolute atomic E-state index is 0. The fourth-order valence-corrected chi connectivity index (χ4v) is 0.677. The van der Waals surface area contributed by atoms with Crippen LogP contribution in [0.4, 0.5) is 0 Å². The van der Waals surface area contributed by atoms with Gasteiger partial charge in [0.2, 0.25) is 0 Å². The van der Waals surface area contributed by atoms with Crippen molar-refractivity contribution in [1.82, 2.24) is 0 Å². The van der Waals surface area contributed by atoms with Crippen molar-refractivity contribution < 1.29 is 4.74 Å². The second-order valence-electron chi connectivity index (χ2n) is 2.11. The highest BCUT2D eigenvalue weighted by atomic mass is 35.5. The molecule has 3 heteroatoms. The molecule has 0 unspecified atom stereocenters. The summed E-state index contributed by atoms with van der Waals surface area (Å²) in [5.41, 5.74) is 5.47. The molecular weight excluding hydrogens is 126 g/mol. The Morgan fingerprint density at radius 2 is 2.25 bits per heavy atom. The summed E-state index contributed by atoms with van der Waals surface area (Å²) in [5.74, 6) is 0.671. The first-order valence-electron chi connectivity index (χ1n) is 2.59. The van der Waals surface area contributed by atoms with Crippen LogP contribution in [0.15, 0.2) is 0 Å². The van der Waals surface area contributed by atoms with Gasteiger partial charge in [0, 0.05) is 13.2 Å². The first-order valence-corrected chi connectivity index (χ1v) is 2.59. The van der Waals surface area contributed by atoms with E-state index in [9.17, 15) is 0 Å². The smallest absolute Gasteiger partial charge is 0.0505 e. The molecule has 0 saturated heterocycles. The van der Waals surface area contributed by atoms with Crippen molar-refractivity contribution in [3.05, 3.63) is 0 Å². The zero-order valence-electron chi connectivity index (χ0n) is 4.96. The van der Waals surface area contributed by atoms with Gasteiger partial charge in [0.05, 0.1) is 6.61 Å². The van der Waals surface area contributed by atoms with Gasteiger partial charge in [0.1, 0.15) is 0 Å². The van der Waals surface area contributed by atoms with Gasteiger partial charge in [-0.15, -0.1) is 12.4 Å². The molecule has 50 valence electrons. The van der Waals surface area contributed by atoms with Gasteiger partial charge in [0.15, 0.2) is 0 Å². The number of hydrogen-bond acceptors (Lipinski definition) is 2. The minimum Gasteiger partial charge on any atom is -0.384 e. The van der Waals surface area contributed by atoms with Crippen molar-refractivity contribution in [2.45, 2.75) is 12.5 Å². The van der Waals surface area contributed by atoms with Crippen LogP contribution in [0.2, 0.25) is 0 Å². The van der Waals surface area contributed by atoms with Crippen LogP contribution < -0.4 is 5.73 Å². The molecule has 2 N–H and O–H groups in total. The molecule has 0 spiro atoms. The maximum Gasteiger partial charge on any atom is 0.0505 e. The summed E-state index contributed by atoms with van der Waals surface area (Å²) < 4.78 is 4.86. The number of halogens is 1. The van der Waals surface area contributed by atoms with Crippen molar-refractivity contribution in [2.24, 2.45) is 11.7 Å². The first-order chi connectivity index (χ1) is 3.34. The van der Waals surface area contributed by atoms with Gasteiger partial charge in [-0.3, -0.25) is 0 Å². The van der Waals surface area contributed by atoms with Gasteiger partial charge in [-0.2, -0.15) is 0 Å². The highest BCUT2D eigenvalue weighted by Gasteiger charge is 2.32. The van der Waals surface area contributed by atoms with E-state index in [-0.39, 0.29) is 12.4 Å². The van der Waals surface area contributed by atoms with E-state index in [1.54, 1.807) is 7.11 Å². The maximum atomic E-state index is 5.47. The van der Waals surface area contributed by atoms with Gasteiger partial charge in [-0.05, 0) is 12.3 Å². The Hall–Kier alpha value is 0.210. The molecule has 0 aliphatic heterocycles. The molecule has 1 aliphatic carbocycles. The molecule has 0 amide bonds. The zero-order valence-corrected chi connectivity index (χ0v) is 5.78. The van der Waals surface area contributed by atoms with Gasteiger partial charge in [-0.25, -0.2) is 0 Å². The molecule has 0 aromatic rings. The van der Waals surface area contributed by atoms with Crippen molar-refractivity contribution in [1.29, 1.82) is 0 Å². The van der Waals surface area contributed by atoms with E-state index in [0.717, 1.165) is 13.0 Å². The molecule has 2 atom stereocenters. The van der Waals surface area contributed by atoms with E-state index >= 15 is 0 Å². The largest absolute Gasteiger partial charge is 0.384 e. The zero-order chi connectivity index (χ0) is 5.28. The summed E-state index contributed by atoms with van der Waals surface area (Å²) in [4.78, 5) is 0. The van der Waals surface area contributed by atoms with Gasteiger partial charge < -0.3 is 10.5 Å². The van der Waals surface area contributed by atoms with E-state index < -0.39 is 0 Å². The number of rotatable bonds is 2. The van der Waals surface area contributed by atoms with E-state index in [1.165, 1.54) is 0 Å². The molecule has 8 heavy (non-hydrogen) atoms. The molecule has 1 saturated carbocycles. The number of methoxy groups -OCH3 is 1. The van der Waals surface area contributed by atoms with Crippen molar-refractivity contribution in [3.63, 3.8) is 0 Å². The Balaban J connectivity index is 0.000000490. The number of nitrogens with two attached hydrogens (primary N) is 1. The summed E-state index contributed by atoms with van der Waals surface area (Å²) in [6.45, 7) is 0.848. The van der Waals surface area contributed by atoms with Crippen molar-refractivity contribution in [3.8, 4) is 0 Å². The van der Waals surface area contributed by atoms with Gasteiger partial charge in [0.25, 0.3) is 0 Å². The van der Waals surface area contributed by atoms with Crippen LogP contribution in [0.3, 0.4) is 0 Å². The summed E-state index contributed by atoms with van der Waals surface area (Å²) in [6.07, 6.45) is 1.16. The third kappa shape index (κ3) is 1.99. The third-order valence-corrected chi connectivity index (χ3v) is 1.36. The van der Waals surface area contributed by atoms with Gasteiger partial charge in [-0.1, -0.05) is 0 Å². The van der Waals surface area contributed by atoms with E-state index in [1.807, 2.05) is 0 Å². The van der Waals surface area contributed by atoms with E-state index in [2.05, 4.69) is 0 Å². The lowest BCUT2D eigenvalue weighted by molar-refractivity contribution is 0.184. The first kappa shape index (κ1) is 8.21. The number of ether oxygens (including phenoxy) is 1. The fourth-order valence-electron chi connectivity index (χ4n) is 0.677. The minimum atomic E-state index is 0. The lowest BCUT2D eigenvalue weighted by Crippen LogP contribution is -2.05. The lowest BCUT2D eigenvalue weighted by Gasteiger charge is -1.89. The molecule has 1 rings (SSSR count). The van der Waals surface area contributed by atoms with Crippen LogP contribution in [-0.4, -0.2) is 19.8 Å². The molecule has 1 fully saturated rings. The van der Waals surface area contributed by atoms with Crippen molar-refractivity contribution >= 4 is 12.4 Å². The highest BCUT2D eigenvalue weighted by Crippen LogP contribution is 2.27. The van der Waals surface area contributed by atoms with Crippen LogP contribution in [0, 0.1) is 5.92 Å². The Morgan fingerprint density at radius 3 is 2.38 bits per heavy atom. The molecule has 0 aromatic heterocycles. The normalized spacial score (nSPS) is 33.8. The standard InChI is InChI=1S/C5H11NO.ClH/c1-7-3-4-2-5(4)6;/h4-5H,2-3,6H2,1H3;1H/t4-,5-;/m0./s1. The Morgan fingerprint density at radius 1 is 1.75 bits per heavy atom. The summed E-state index contributed by atoms with van der Waals surface area (Å²) in [6, 6.07) is 0.444. The predicted molar refractivity (Wildman–Crippen MR) is 35.2 cm³/mol. The number of hydrogen-bond donors (Lipinski definition) is 1. The Kier molecular flexibility index (Phi) is 3.36. The average molecular weight is 138 g/mol. The Bertz CT molecular complexity index is 69.4. The Labute approximate surface area is 55.8 Å². The second kappa shape index (κ2) is 3.28. The van der Waals surface area contributed by atoms with Crippen LogP contribution in [0.25, 0.3) is 0 Å². The molecule has 0 heterocycles. The summed E-state index contributed by atoms with van der Waals surface area (Å²) >= 11 is 0. The molecule has 0 bridgehead atoms. The second-order valence-corrected chi connectivity index (χ2v) is 2.11. The van der Waals surface area contributed by atoms with Gasteiger partial charge >= 0.3 is 0 Å². The topological polar surface area (TPSA) is 35.2 Å². The quantitative estimate of drug-likeness (QED) is 0.598. The third-order valence-electron chi connectivity index (χ3n) is 1.36. The molecule has 2 nitrogen and oxygen atoms in total. The molecule has 0 aromatic carbocycles. The molecular formula is C5H12ClNO. The van der Waals surface area contributed by atoms with Crippen molar-refractivity contribution in [2.75, 3.05) is 13.7 Å². The maximum absolute atomic E-state index is 5.47. The predicted octanol–water partition coefficient (Wildman–Crippen LogP) is 0.402. The summed E-state index contributed by atoms with van der Waals surface area (Å²) in [5, 5.41) is 0. The molecule has 1 aliphatic rings. The average Bonchev–Trinajstić information content (AvgIpc) is 2.22. The lowest BCUT2D eigenvalue weighted by atomic mass is 10.4. The van der Waals surface area contributed by atoms with Crippen LogP contribution in [0.5, 0.6) is 0 Å². The van der Waals surface area contributed by atoms with Crippen LogP contribution >= 0.6 is 12.4 Å². The highest BCUT2D eigenvalue weighted by molar-refractivity contribution is 5.85. The monoisotopic (exact) mass is 137 g/mol. The SMILES string of the molecule is COC[C@@H]1C[C@@H]1N.Cl. The van der Waals surface area contributed by atoms with E-state index in [4.69, 9.17) is 10.5 Å². The molecule has 0 radical (unpaired) electrons.